The Morgan fingerprint density at radius 2 is 1.42 bits per heavy atom. The second-order valence-electron chi connectivity index (χ2n) is 10.4. The highest BCUT2D eigenvalue weighted by Crippen LogP contribution is 2.22. The number of ether oxygens (including phenoxy) is 1. The van der Waals surface area contributed by atoms with Crippen molar-refractivity contribution in [2.45, 2.75) is 103 Å². The molecule has 5 heteroatoms. The maximum atomic E-state index is 12.9. The monoisotopic (exact) mass is 536 g/mol. The van der Waals surface area contributed by atoms with Gasteiger partial charge < -0.3 is 15.0 Å². The summed E-state index contributed by atoms with van der Waals surface area (Å²) in [6.07, 6.45) is 20.9. The second kappa shape index (κ2) is 18.8. The molecule has 0 saturated heterocycles. The van der Waals surface area contributed by atoms with Gasteiger partial charge in [0.15, 0.2) is 0 Å². The van der Waals surface area contributed by atoms with Gasteiger partial charge in [-0.05, 0) is 41.7 Å². The highest BCUT2D eigenvalue weighted by Gasteiger charge is 2.13. The van der Waals surface area contributed by atoms with Gasteiger partial charge in [-0.3, -0.25) is 4.79 Å². The molecule has 1 heterocycles. The standard InChI is InChI=1S/C33H48N2O2S/c1-2-3-4-5-6-7-8-9-10-11-12-13-14-17-25-37-32-19-16-15-18-31(32)33(36)34-30-22-20-29(21-23-30)27-35-24-26-38-28-35/h15-16,18-24,26H,2-14,17,25,27-28H2,1H3,(H,34,36). The van der Waals surface area contributed by atoms with Crippen LogP contribution in [0.25, 0.3) is 0 Å². The lowest BCUT2D eigenvalue weighted by atomic mass is 10.0. The van der Waals surface area contributed by atoms with Crippen molar-refractivity contribution in [3.63, 3.8) is 0 Å². The number of carbonyl (C=O) groups is 1. The number of nitrogens with zero attached hydrogens (tertiary/aromatic N) is 1. The largest absolute Gasteiger partial charge is 0.493 e. The first-order valence-electron chi connectivity index (χ1n) is 14.9. The van der Waals surface area contributed by atoms with Crippen LogP contribution in [0.1, 0.15) is 113 Å². The van der Waals surface area contributed by atoms with Crippen molar-refractivity contribution in [3.05, 3.63) is 71.3 Å². The van der Waals surface area contributed by atoms with Crippen LogP contribution in [0.3, 0.4) is 0 Å². The van der Waals surface area contributed by atoms with Crippen molar-refractivity contribution in [2.24, 2.45) is 0 Å². The molecule has 0 fully saturated rings. The molecular weight excluding hydrogens is 488 g/mol. The van der Waals surface area contributed by atoms with E-state index in [4.69, 9.17) is 4.74 Å². The quantitative estimate of drug-likeness (QED) is 0.171. The Bertz CT molecular complexity index is 944. The number of para-hydroxylation sites is 1. The van der Waals surface area contributed by atoms with Crippen LogP contribution in [0.4, 0.5) is 5.69 Å². The van der Waals surface area contributed by atoms with Crippen molar-refractivity contribution >= 4 is 23.4 Å². The molecule has 3 rings (SSSR count). The van der Waals surface area contributed by atoms with Crippen molar-refractivity contribution < 1.29 is 9.53 Å². The number of hydrogen-bond acceptors (Lipinski definition) is 4. The summed E-state index contributed by atoms with van der Waals surface area (Å²) in [5.41, 5.74) is 2.61. The average molecular weight is 537 g/mol. The van der Waals surface area contributed by atoms with Crippen molar-refractivity contribution in [3.8, 4) is 5.75 Å². The third-order valence-electron chi connectivity index (χ3n) is 7.09. The smallest absolute Gasteiger partial charge is 0.259 e. The summed E-state index contributed by atoms with van der Waals surface area (Å²) in [7, 11) is 0. The zero-order valence-electron chi connectivity index (χ0n) is 23.5. The number of rotatable bonds is 20. The SMILES string of the molecule is CCCCCCCCCCCCCCCCOc1ccccc1C(=O)Nc1ccc(CN2C=CSC2)cc1. The van der Waals surface area contributed by atoms with E-state index in [2.05, 4.69) is 40.9 Å². The molecule has 0 unspecified atom stereocenters. The number of benzene rings is 2. The Kier molecular flexibility index (Phi) is 14.9. The number of unbranched alkanes of at least 4 members (excludes halogenated alkanes) is 13. The van der Waals surface area contributed by atoms with E-state index in [0.29, 0.717) is 17.9 Å². The van der Waals surface area contributed by atoms with Gasteiger partial charge in [-0.2, -0.15) is 0 Å². The predicted octanol–water partition coefficient (Wildman–Crippen LogP) is 9.78. The van der Waals surface area contributed by atoms with E-state index in [-0.39, 0.29) is 5.91 Å². The Morgan fingerprint density at radius 3 is 2.03 bits per heavy atom. The molecule has 1 aliphatic heterocycles. The van der Waals surface area contributed by atoms with Crippen LogP contribution in [-0.2, 0) is 6.54 Å². The molecule has 2 aromatic rings. The molecule has 0 bridgehead atoms. The molecule has 0 radical (unpaired) electrons. The molecule has 208 valence electrons. The van der Waals surface area contributed by atoms with Gasteiger partial charge in [0.2, 0.25) is 0 Å². The van der Waals surface area contributed by atoms with Crippen LogP contribution in [0.5, 0.6) is 5.75 Å². The van der Waals surface area contributed by atoms with Gasteiger partial charge in [0.1, 0.15) is 5.75 Å². The molecule has 0 spiro atoms. The maximum Gasteiger partial charge on any atom is 0.259 e. The van der Waals surface area contributed by atoms with E-state index in [1.165, 1.54) is 89.0 Å². The lowest BCUT2D eigenvalue weighted by molar-refractivity contribution is 0.102. The van der Waals surface area contributed by atoms with E-state index in [1.807, 2.05) is 36.4 Å². The summed E-state index contributed by atoms with van der Waals surface area (Å²) in [5, 5.41) is 5.14. The lowest BCUT2D eigenvalue weighted by Gasteiger charge is -2.15. The highest BCUT2D eigenvalue weighted by atomic mass is 32.2. The lowest BCUT2D eigenvalue weighted by Crippen LogP contribution is -2.14. The van der Waals surface area contributed by atoms with Crippen LogP contribution in [-0.4, -0.2) is 23.3 Å². The summed E-state index contributed by atoms with van der Waals surface area (Å²) in [6, 6.07) is 15.6. The van der Waals surface area contributed by atoms with Gasteiger partial charge in [0.05, 0.1) is 18.0 Å². The summed E-state index contributed by atoms with van der Waals surface area (Å²) in [4.78, 5) is 15.2. The normalized spacial score (nSPS) is 12.7. The van der Waals surface area contributed by atoms with E-state index in [0.717, 1.165) is 24.5 Å². The van der Waals surface area contributed by atoms with Gasteiger partial charge >= 0.3 is 0 Å². The number of hydrogen-bond donors (Lipinski definition) is 1. The third kappa shape index (κ3) is 12.0. The van der Waals surface area contributed by atoms with Crippen LogP contribution in [0, 0.1) is 0 Å². The minimum atomic E-state index is -0.131. The van der Waals surface area contributed by atoms with Crippen LogP contribution >= 0.6 is 11.8 Å². The molecule has 38 heavy (non-hydrogen) atoms. The second-order valence-corrected chi connectivity index (χ2v) is 11.3. The molecule has 4 nitrogen and oxygen atoms in total. The average Bonchev–Trinajstić information content (AvgIpc) is 3.45. The number of amides is 1. The van der Waals surface area contributed by atoms with Crippen LogP contribution in [0.15, 0.2) is 60.1 Å². The molecular formula is C33H48N2O2S. The van der Waals surface area contributed by atoms with Gasteiger partial charge in [0, 0.05) is 18.4 Å². The number of anilines is 1. The van der Waals surface area contributed by atoms with Crippen molar-refractivity contribution in [2.75, 3.05) is 17.8 Å². The fraction of sp³-hybridized carbons (Fsp3) is 0.545. The predicted molar refractivity (Wildman–Crippen MR) is 164 cm³/mol. The topological polar surface area (TPSA) is 41.6 Å². The molecule has 0 aliphatic carbocycles. The van der Waals surface area contributed by atoms with E-state index in [9.17, 15) is 4.79 Å². The fourth-order valence-corrected chi connectivity index (χ4v) is 5.51. The van der Waals surface area contributed by atoms with E-state index in [1.54, 1.807) is 11.8 Å². The Labute approximate surface area is 235 Å². The Balaban J connectivity index is 1.26. The Hall–Kier alpha value is -2.40. The highest BCUT2D eigenvalue weighted by molar-refractivity contribution is 8.02. The first-order valence-corrected chi connectivity index (χ1v) is 16.0. The first kappa shape index (κ1) is 30.1. The van der Waals surface area contributed by atoms with Gasteiger partial charge in [-0.1, -0.05) is 115 Å². The number of carbonyl (C=O) groups excluding carboxylic acids is 1. The van der Waals surface area contributed by atoms with Gasteiger partial charge in [0.25, 0.3) is 5.91 Å². The molecule has 1 N–H and O–H groups in total. The molecule has 1 amide bonds. The number of nitrogens with one attached hydrogen (secondary N) is 1. The summed E-state index contributed by atoms with van der Waals surface area (Å²) < 4.78 is 6.02. The van der Waals surface area contributed by atoms with Crippen molar-refractivity contribution in [1.29, 1.82) is 0 Å². The van der Waals surface area contributed by atoms with Gasteiger partial charge in [-0.25, -0.2) is 0 Å². The first-order chi connectivity index (χ1) is 18.8. The molecule has 0 atom stereocenters. The zero-order valence-corrected chi connectivity index (χ0v) is 24.3. The van der Waals surface area contributed by atoms with Crippen LogP contribution in [0.2, 0.25) is 0 Å². The maximum absolute atomic E-state index is 12.9. The summed E-state index contributed by atoms with van der Waals surface area (Å²) >= 11 is 1.80. The van der Waals surface area contributed by atoms with E-state index >= 15 is 0 Å². The van der Waals surface area contributed by atoms with E-state index < -0.39 is 0 Å². The number of thioether (sulfide) groups is 1. The minimum Gasteiger partial charge on any atom is -0.493 e. The molecule has 1 aliphatic rings. The van der Waals surface area contributed by atoms with Gasteiger partial charge in [-0.15, -0.1) is 11.8 Å². The molecule has 2 aromatic carbocycles. The minimum absolute atomic E-state index is 0.131. The van der Waals surface area contributed by atoms with Crippen molar-refractivity contribution in [1.82, 2.24) is 4.90 Å². The van der Waals surface area contributed by atoms with Crippen LogP contribution < -0.4 is 10.1 Å². The fourth-order valence-electron chi connectivity index (χ4n) is 4.79. The Morgan fingerprint density at radius 1 is 0.816 bits per heavy atom. The summed E-state index contributed by atoms with van der Waals surface area (Å²) in [5.74, 6) is 1.53. The molecule has 0 saturated carbocycles. The zero-order chi connectivity index (χ0) is 26.7. The third-order valence-corrected chi connectivity index (χ3v) is 7.89. The molecule has 0 aromatic heterocycles. The summed E-state index contributed by atoms with van der Waals surface area (Å²) in [6.45, 7) is 3.82.